The number of urea groups is 1. The van der Waals surface area contributed by atoms with E-state index >= 15 is 0 Å². The van der Waals surface area contributed by atoms with Crippen LogP contribution >= 0.6 is 0 Å². The van der Waals surface area contributed by atoms with E-state index in [0.717, 1.165) is 31.2 Å². The Morgan fingerprint density at radius 2 is 1.57 bits per heavy atom. The Morgan fingerprint density at radius 3 is 2.17 bits per heavy atom. The summed E-state index contributed by atoms with van der Waals surface area (Å²) in [6, 6.07) is 6.94. The molecule has 1 aromatic rings. The van der Waals surface area contributed by atoms with Gasteiger partial charge in [-0.15, -0.1) is 0 Å². The molecule has 10 heteroatoms. The summed E-state index contributed by atoms with van der Waals surface area (Å²) < 4.78 is 0. The fourth-order valence-electron chi connectivity index (χ4n) is 6.06. The van der Waals surface area contributed by atoms with Gasteiger partial charge < -0.3 is 36.8 Å². The number of rotatable bonds is 13. The number of aliphatic hydroxyl groups excluding tert-OH is 1. The van der Waals surface area contributed by atoms with E-state index in [1.165, 1.54) is 6.42 Å². The van der Waals surface area contributed by atoms with Gasteiger partial charge in [-0.3, -0.25) is 9.59 Å². The van der Waals surface area contributed by atoms with Crippen molar-refractivity contribution in [3.63, 3.8) is 0 Å². The SMILES string of the molecule is CC[C@H](NC(=O)[C@H](Cc1ccccc1)NC(=O)N1CCC(N)CC1)C(=O)N[C@@H](CC1CCCCC1)[C@@H](O)CC(C)(C)O. The minimum absolute atomic E-state index is 0.0743. The number of benzene rings is 1. The molecule has 2 fully saturated rings. The van der Waals surface area contributed by atoms with E-state index in [-0.39, 0.29) is 30.8 Å². The summed E-state index contributed by atoms with van der Waals surface area (Å²) in [5.41, 5.74) is 5.79. The normalized spacial score (nSPS) is 19.8. The third-order valence-corrected chi connectivity index (χ3v) is 8.58. The average molecular weight is 588 g/mol. The Morgan fingerprint density at radius 1 is 0.952 bits per heavy atom. The molecule has 2 aliphatic rings. The second kappa shape index (κ2) is 16.2. The van der Waals surface area contributed by atoms with Crippen LogP contribution in [0.4, 0.5) is 4.79 Å². The van der Waals surface area contributed by atoms with Gasteiger partial charge >= 0.3 is 6.03 Å². The summed E-state index contributed by atoms with van der Waals surface area (Å²) in [5, 5.41) is 30.1. The molecular weight excluding hydrogens is 534 g/mol. The second-order valence-corrected chi connectivity index (χ2v) is 12.9. The molecule has 1 saturated heterocycles. The maximum absolute atomic E-state index is 13.6. The Labute approximate surface area is 251 Å². The van der Waals surface area contributed by atoms with Gasteiger partial charge in [0.05, 0.1) is 17.7 Å². The van der Waals surface area contributed by atoms with Crippen molar-refractivity contribution in [2.75, 3.05) is 13.1 Å². The molecule has 0 aromatic heterocycles. The number of piperidine rings is 1. The highest BCUT2D eigenvalue weighted by Crippen LogP contribution is 2.29. The van der Waals surface area contributed by atoms with Crippen LogP contribution in [0, 0.1) is 5.92 Å². The number of aliphatic hydroxyl groups is 2. The highest BCUT2D eigenvalue weighted by atomic mass is 16.3. The highest BCUT2D eigenvalue weighted by Gasteiger charge is 2.33. The molecule has 4 amide bonds. The molecule has 3 rings (SSSR count). The fourth-order valence-corrected chi connectivity index (χ4v) is 6.06. The molecule has 1 aromatic carbocycles. The average Bonchev–Trinajstić information content (AvgIpc) is 2.95. The van der Waals surface area contributed by atoms with E-state index in [4.69, 9.17) is 5.73 Å². The van der Waals surface area contributed by atoms with Gasteiger partial charge in [-0.05, 0) is 51.0 Å². The maximum Gasteiger partial charge on any atom is 0.318 e. The molecule has 1 saturated carbocycles. The highest BCUT2D eigenvalue weighted by molar-refractivity contribution is 5.92. The Kier molecular flexibility index (Phi) is 13.1. The summed E-state index contributed by atoms with van der Waals surface area (Å²) in [7, 11) is 0. The number of hydrogen-bond donors (Lipinski definition) is 6. The minimum Gasteiger partial charge on any atom is -0.391 e. The van der Waals surface area contributed by atoms with Crippen LogP contribution in [0.2, 0.25) is 0 Å². The molecule has 1 aliphatic carbocycles. The van der Waals surface area contributed by atoms with Crippen molar-refractivity contribution in [1.82, 2.24) is 20.9 Å². The molecule has 1 heterocycles. The molecule has 4 atom stereocenters. The summed E-state index contributed by atoms with van der Waals surface area (Å²) >= 11 is 0. The van der Waals surface area contributed by atoms with Crippen LogP contribution in [0.5, 0.6) is 0 Å². The van der Waals surface area contributed by atoms with Crippen molar-refractivity contribution < 1.29 is 24.6 Å². The predicted molar refractivity (Wildman–Crippen MR) is 164 cm³/mol. The summed E-state index contributed by atoms with van der Waals surface area (Å²) in [5.74, 6) is -0.426. The van der Waals surface area contributed by atoms with Gasteiger partial charge in [0.25, 0.3) is 0 Å². The second-order valence-electron chi connectivity index (χ2n) is 12.9. The molecule has 7 N–H and O–H groups in total. The molecular formula is C32H53N5O5. The number of nitrogens with one attached hydrogen (secondary N) is 3. The lowest BCUT2D eigenvalue weighted by molar-refractivity contribution is -0.131. The molecule has 0 unspecified atom stereocenters. The van der Waals surface area contributed by atoms with Crippen LogP contribution in [0.25, 0.3) is 0 Å². The van der Waals surface area contributed by atoms with E-state index in [2.05, 4.69) is 16.0 Å². The van der Waals surface area contributed by atoms with Gasteiger partial charge in [0.2, 0.25) is 11.8 Å². The molecule has 0 spiro atoms. The molecule has 10 nitrogen and oxygen atoms in total. The third-order valence-electron chi connectivity index (χ3n) is 8.58. The van der Waals surface area contributed by atoms with E-state index in [1.54, 1.807) is 18.7 Å². The van der Waals surface area contributed by atoms with Crippen LogP contribution in [-0.4, -0.2) is 81.9 Å². The molecule has 42 heavy (non-hydrogen) atoms. The van der Waals surface area contributed by atoms with Gasteiger partial charge in [-0.25, -0.2) is 4.79 Å². The van der Waals surface area contributed by atoms with Crippen molar-refractivity contribution >= 4 is 17.8 Å². The van der Waals surface area contributed by atoms with E-state index < -0.39 is 35.7 Å². The number of carbonyl (C=O) groups is 3. The van der Waals surface area contributed by atoms with Gasteiger partial charge in [0, 0.05) is 32.0 Å². The minimum atomic E-state index is -1.09. The van der Waals surface area contributed by atoms with Gasteiger partial charge in [-0.1, -0.05) is 69.4 Å². The van der Waals surface area contributed by atoms with Gasteiger partial charge in [0.1, 0.15) is 12.1 Å². The van der Waals surface area contributed by atoms with Crippen LogP contribution < -0.4 is 21.7 Å². The Hall–Kier alpha value is -2.69. The largest absolute Gasteiger partial charge is 0.391 e. The first kappa shape index (κ1) is 33.8. The monoisotopic (exact) mass is 587 g/mol. The van der Waals surface area contributed by atoms with E-state index in [1.807, 2.05) is 37.3 Å². The number of carbonyl (C=O) groups excluding carboxylic acids is 3. The topological polar surface area (TPSA) is 157 Å². The van der Waals surface area contributed by atoms with Crippen molar-refractivity contribution in [3.8, 4) is 0 Å². The fraction of sp³-hybridized carbons (Fsp3) is 0.719. The maximum atomic E-state index is 13.6. The Balaban J connectivity index is 1.69. The number of nitrogens with two attached hydrogens (primary N) is 1. The summed E-state index contributed by atoms with van der Waals surface area (Å²) in [4.78, 5) is 41.9. The van der Waals surface area contributed by atoms with E-state index in [0.29, 0.717) is 44.7 Å². The van der Waals surface area contributed by atoms with Crippen molar-refractivity contribution in [2.45, 2.75) is 127 Å². The van der Waals surface area contributed by atoms with Crippen LogP contribution in [0.15, 0.2) is 30.3 Å². The van der Waals surface area contributed by atoms with Crippen molar-refractivity contribution in [2.24, 2.45) is 11.7 Å². The zero-order valence-corrected chi connectivity index (χ0v) is 25.7. The third kappa shape index (κ3) is 11.2. The lowest BCUT2D eigenvalue weighted by atomic mass is 9.82. The Bertz CT molecular complexity index is 987. The summed E-state index contributed by atoms with van der Waals surface area (Å²) in [6.45, 7) is 6.16. The number of likely N-dealkylation sites (tertiary alicyclic amines) is 1. The van der Waals surface area contributed by atoms with Crippen LogP contribution in [0.1, 0.15) is 90.5 Å². The predicted octanol–water partition coefficient (Wildman–Crippen LogP) is 2.60. The lowest BCUT2D eigenvalue weighted by Gasteiger charge is -2.34. The number of amides is 4. The quantitative estimate of drug-likeness (QED) is 0.208. The van der Waals surface area contributed by atoms with Gasteiger partial charge in [-0.2, -0.15) is 0 Å². The first-order valence-electron chi connectivity index (χ1n) is 15.8. The first-order valence-corrected chi connectivity index (χ1v) is 15.8. The summed E-state index contributed by atoms with van der Waals surface area (Å²) in [6.07, 6.45) is 7.45. The van der Waals surface area contributed by atoms with Crippen LogP contribution in [0.3, 0.4) is 0 Å². The number of nitrogens with zero attached hydrogens (tertiary/aromatic N) is 1. The molecule has 236 valence electrons. The molecule has 0 radical (unpaired) electrons. The molecule has 0 bridgehead atoms. The smallest absolute Gasteiger partial charge is 0.318 e. The van der Waals surface area contributed by atoms with Crippen molar-refractivity contribution in [3.05, 3.63) is 35.9 Å². The zero-order chi connectivity index (χ0) is 30.7. The molecule has 1 aliphatic heterocycles. The van der Waals surface area contributed by atoms with Crippen LogP contribution in [-0.2, 0) is 16.0 Å². The van der Waals surface area contributed by atoms with Gasteiger partial charge in [0.15, 0.2) is 0 Å². The first-order chi connectivity index (χ1) is 19.9. The van der Waals surface area contributed by atoms with Crippen molar-refractivity contribution in [1.29, 1.82) is 0 Å². The van der Waals surface area contributed by atoms with E-state index in [9.17, 15) is 24.6 Å². The zero-order valence-electron chi connectivity index (χ0n) is 25.7. The standard InChI is InChI=1S/C32H53N5O5/c1-4-25(29(39)35-26(28(38)21-32(2,3)42)19-22-11-7-5-8-12-22)34-30(40)27(20-23-13-9-6-10-14-23)36-31(41)37-17-15-24(33)16-18-37/h6,9-10,13-14,22,24-28,38,42H,4-5,7-8,11-12,15-21,33H2,1-3H3,(H,34,40)(H,35,39)(H,36,41)/t25-,26-,27-,28-/m0/s1. The number of hydrogen-bond acceptors (Lipinski definition) is 6. The lowest BCUT2D eigenvalue weighted by Crippen LogP contribution is -2.58.